The SMILES string of the molecule is Cl.N#Cc1ccc(CCN2CCC(O)(COc3ccc([N+](=O)[O-])cc3)CC2)cc1. The molecular formula is C21H24ClN3O4. The van der Waals surface area contributed by atoms with E-state index < -0.39 is 10.5 Å². The van der Waals surface area contributed by atoms with Crippen LogP contribution in [-0.2, 0) is 6.42 Å². The Balaban J connectivity index is 0.00000300. The molecule has 0 atom stereocenters. The number of nitro benzene ring substituents is 1. The third-order valence-electron chi connectivity index (χ3n) is 5.14. The van der Waals surface area contributed by atoms with Crippen LogP contribution in [0.3, 0.4) is 0 Å². The van der Waals surface area contributed by atoms with E-state index in [1.807, 2.05) is 24.3 Å². The minimum Gasteiger partial charge on any atom is -0.491 e. The van der Waals surface area contributed by atoms with Gasteiger partial charge in [0.25, 0.3) is 5.69 Å². The van der Waals surface area contributed by atoms with Crippen LogP contribution in [0.25, 0.3) is 0 Å². The number of likely N-dealkylation sites (tertiary alicyclic amines) is 1. The molecule has 0 spiro atoms. The Kier molecular flexibility index (Phi) is 7.97. The molecular weight excluding hydrogens is 394 g/mol. The molecule has 2 aromatic rings. The van der Waals surface area contributed by atoms with Gasteiger partial charge in [-0.1, -0.05) is 12.1 Å². The molecule has 3 rings (SSSR count). The molecule has 1 N–H and O–H groups in total. The number of benzene rings is 2. The topological polar surface area (TPSA) is 99.6 Å². The largest absolute Gasteiger partial charge is 0.491 e. The zero-order valence-electron chi connectivity index (χ0n) is 16.0. The summed E-state index contributed by atoms with van der Waals surface area (Å²) in [6, 6.07) is 15.6. The van der Waals surface area contributed by atoms with Crippen LogP contribution in [-0.4, -0.2) is 46.8 Å². The molecule has 154 valence electrons. The number of non-ortho nitro benzene ring substituents is 1. The van der Waals surface area contributed by atoms with Crippen molar-refractivity contribution in [2.75, 3.05) is 26.2 Å². The lowest BCUT2D eigenvalue weighted by molar-refractivity contribution is -0.384. The standard InChI is InChI=1S/C21H23N3O4.ClH/c22-15-18-3-1-17(2-4-18)9-12-23-13-10-21(25,11-14-23)16-28-20-7-5-19(6-8-20)24(26)27;/h1-8,25H,9-14,16H2;1H. The predicted molar refractivity (Wildman–Crippen MR) is 111 cm³/mol. The van der Waals surface area contributed by atoms with Gasteiger partial charge in [0.2, 0.25) is 0 Å². The first-order chi connectivity index (χ1) is 13.5. The van der Waals surface area contributed by atoms with Crippen LogP contribution >= 0.6 is 12.4 Å². The summed E-state index contributed by atoms with van der Waals surface area (Å²) in [7, 11) is 0. The second-order valence-corrected chi connectivity index (χ2v) is 7.16. The zero-order valence-corrected chi connectivity index (χ0v) is 16.8. The summed E-state index contributed by atoms with van der Waals surface area (Å²) in [5.41, 5.74) is 0.995. The van der Waals surface area contributed by atoms with Crippen molar-refractivity contribution in [3.05, 3.63) is 69.8 Å². The summed E-state index contributed by atoms with van der Waals surface area (Å²) in [5, 5.41) is 30.3. The molecule has 1 aliphatic heterocycles. The van der Waals surface area contributed by atoms with Gasteiger partial charge in [0, 0.05) is 31.8 Å². The first-order valence-electron chi connectivity index (χ1n) is 9.28. The molecule has 0 amide bonds. The highest BCUT2D eigenvalue weighted by Gasteiger charge is 2.33. The fourth-order valence-corrected chi connectivity index (χ4v) is 3.25. The Morgan fingerprint density at radius 3 is 2.31 bits per heavy atom. The van der Waals surface area contributed by atoms with Crippen LogP contribution in [0.1, 0.15) is 24.0 Å². The third kappa shape index (κ3) is 6.43. The highest BCUT2D eigenvalue weighted by atomic mass is 35.5. The second kappa shape index (κ2) is 10.2. The van der Waals surface area contributed by atoms with E-state index >= 15 is 0 Å². The maximum Gasteiger partial charge on any atom is 0.269 e. The van der Waals surface area contributed by atoms with Gasteiger partial charge in [-0.15, -0.1) is 12.4 Å². The van der Waals surface area contributed by atoms with E-state index in [-0.39, 0.29) is 24.7 Å². The van der Waals surface area contributed by atoms with Gasteiger partial charge >= 0.3 is 0 Å². The van der Waals surface area contributed by atoms with Crippen molar-refractivity contribution in [3.8, 4) is 11.8 Å². The predicted octanol–water partition coefficient (Wildman–Crippen LogP) is 3.34. The van der Waals surface area contributed by atoms with Gasteiger partial charge in [-0.3, -0.25) is 10.1 Å². The van der Waals surface area contributed by atoms with E-state index in [1.54, 1.807) is 12.1 Å². The van der Waals surface area contributed by atoms with E-state index in [1.165, 1.54) is 17.7 Å². The maximum atomic E-state index is 10.7. The quantitative estimate of drug-likeness (QED) is 0.547. The number of hydrogen-bond donors (Lipinski definition) is 1. The van der Waals surface area contributed by atoms with E-state index in [4.69, 9.17) is 10.00 Å². The van der Waals surface area contributed by atoms with Crippen molar-refractivity contribution < 1.29 is 14.8 Å². The Labute approximate surface area is 176 Å². The van der Waals surface area contributed by atoms with Crippen molar-refractivity contribution in [1.29, 1.82) is 5.26 Å². The summed E-state index contributed by atoms with van der Waals surface area (Å²) in [6.45, 7) is 2.66. The lowest BCUT2D eigenvalue weighted by Crippen LogP contribution is -2.48. The molecule has 2 aromatic carbocycles. The summed E-state index contributed by atoms with van der Waals surface area (Å²) >= 11 is 0. The van der Waals surface area contributed by atoms with E-state index in [0.29, 0.717) is 24.2 Å². The summed E-state index contributed by atoms with van der Waals surface area (Å²) in [6.07, 6.45) is 2.14. The highest BCUT2D eigenvalue weighted by Crippen LogP contribution is 2.25. The van der Waals surface area contributed by atoms with Gasteiger partial charge in [0.05, 0.1) is 16.6 Å². The summed E-state index contributed by atoms with van der Waals surface area (Å²) in [5.74, 6) is 0.516. The van der Waals surface area contributed by atoms with Crippen molar-refractivity contribution in [2.45, 2.75) is 24.9 Å². The van der Waals surface area contributed by atoms with E-state index in [0.717, 1.165) is 26.1 Å². The lowest BCUT2D eigenvalue weighted by atomic mass is 9.92. The lowest BCUT2D eigenvalue weighted by Gasteiger charge is -2.37. The normalized spacial score (nSPS) is 15.7. The molecule has 0 bridgehead atoms. The zero-order chi connectivity index (χ0) is 20.0. The number of piperidine rings is 1. The van der Waals surface area contributed by atoms with E-state index in [2.05, 4.69) is 11.0 Å². The summed E-state index contributed by atoms with van der Waals surface area (Å²) in [4.78, 5) is 12.5. The molecule has 1 fully saturated rings. The maximum absolute atomic E-state index is 10.7. The van der Waals surface area contributed by atoms with Gasteiger partial charge in [0.15, 0.2) is 0 Å². The highest BCUT2D eigenvalue weighted by molar-refractivity contribution is 5.85. The smallest absolute Gasteiger partial charge is 0.269 e. The van der Waals surface area contributed by atoms with Crippen molar-refractivity contribution >= 4 is 18.1 Å². The average molecular weight is 418 g/mol. The van der Waals surface area contributed by atoms with Crippen molar-refractivity contribution in [3.63, 3.8) is 0 Å². The first kappa shape index (κ1) is 22.6. The molecule has 8 heteroatoms. The van der Waals surface area contributed by atoms with Crippen LogP contribution in [0.5, 0.6) is 5.75 Å². The molecule has 0 radical (unpaired) electrons. The van der Waals surface area contributed by atoms with Crippen molar-refractivity contribution in [2.24, 2.45) is 0 Å². The first-order valence-corrected chi connectivity index (χ1v) is 9.28. The number of hydrogen-bond acceptors (Lipinski definition) is 6. The molecule has 1 aliphatic rings. The number of nitrogens with zero attached hydrogens (tertiary/aromatic N) is 3. The number of aliphatic hydroxyl groups is 1. The number of nitriles is 1. The Morgan fingerprint density at radius 2 is 1.76 bits per heavy atom. The van der Waals surface area contributed by atoms with Gasteiger partial charge < -0.3 is 14.7 Å². The van der Waals surface area contributed by atoms with Crippen LogP contribution in [0.4, 0.5) is 5.69 Å². The van der Waals surface area contributed by atoms with Crippen LogP contribution in [0, 0.1) is 21.4 Å². The van der Waals surface area contributed by atoms with Gasteiger partial charge in [-0.2, -0.15) is 5.26 Å². The molecule has 29 heavy (non-hydrogen) atoms. The number of nitro groups is 1. The second-order valence-electron chi connectivity index (χ2n) is 7.16. The molecule has 0 aliphatic carbocycles. The minimum atomic E-state index is -0.882. The molecule has 0 unspecified atom stereocenters. The van der Waals surface area contributed by atoms with E-state index in [9.17, 15) is 15.2 Å². The fraction of sp³-hybridized carbons (Fsp3) is 0.381. The molecule has 1 saturated heterocycles. The van der Waals surface area contributed by atoms with Gasteiger partial charge in [0.1, 0.15) is 18.0 Å². The number of halogens is 1. The summed E-state index contributed by atoms with van der Waals surface area (Å²) < 4.78 is 5.65. The minimum absolute atomic E-state index is 0. The molecule has 0 saturated carbocycles. The van der Waals surface area contributed by atoms with Gasteiger partial charge in [-0.25, -0.2) is 0 Å². The van der Waals surface area contributed by atoms with Crippen LogP contribution < -0.4 is 4.74 Å². The number of ether oxygens (including phenoxy) is 1. The average Bonchev–Trinajstić information content (AvgIpc) is 2.73. The monoisotopic (exact) mass is 417 g/mol. The molecule has 1 heterocycles. The van der Waals surface area contributed by atoms with Gasteiger partial charge in [-0.05, 0) is 49.1 Å². The Bertz CT molecular complexity index is 842. The molecule has 0 aromatic heterocycles. The fourth-order valence-electron chi connectivity index (χ4n) is 3.25. The van der Waals surface area contributed by atoms with Crippen LogP contribution in [0.15, 0.2) is 48.5 Å². The third-order valence-corrected chi connectivity index (χ3v) is 5.14. The van der Waals surface area contributed by atoms with Crippen molar-refractivity contribution in [1.82, 2.24) is 4.90 Å². The Hall–Kier alpha value is -2.66. The Morgan fingerprint density at radius 1 is 1.14 bits per heavy atom. The number of rotatable bonds is 7. The van der Waals surface area contributed by atoms with Crippen LogP contribution in [0.2, 0.25) is 0 Å². The molecule has 7 nitrogen and oxygen atoms in total.